The van der Waals surface area contributed by atoms with Crippen molar-refractivity contribution in [3.8, 4) is 29.4 Å². The zero-order chi connectivity index (χ0) is 21.9. The van der Waals surface area contributed by atoms with Crippen LogP contribution >= 0.6 is 0 Å². The van der Waals surface area contributed by atoms with Crippen molar-refractivity contribution in [2.45, 2.75) is 0 Å². The molecule has 1 aromatic heterocycles. The summed E-state index contributed by atoms with van der Waals surface area (Å²) in [5.74, 6) is 2.06. The van der Waals surface area contributed by atoms with Gasteiger partial charge in [0.15, 0.2) is 5.82 Å². The molecule has 3 aromatic rings. The van der Waals surface area contributed by atoms with E-state index in [2.05, 4.69) is 21.2 Å². The maximum Gasteiger partial charge on any atom is 0.173 e. The number of anilines is 1. The summed E-state index contributed by atoms with van der Waals surface area (Å²) in [5, 5.41) is 14.3. The minimum Gasteiger partial charge on any atom is -0.508 e. The fourth-order valence-electron chi connectivity index (χ4n) is 4.92. The number of hydrogen-bond acceptors (Lipinski definition) is 5. The highest BCUT2D eigenvalue weighted by atomic mass is 19.1. The number of benzene rings is 2. The van der Waals surface area contributed by atoms with Crippen LogP contribution in [0.4, 0.5) is 14.5 Å². The van der Waals surface area contributed by atoms with Crippen LogP contribution in [-0.4, -0.2) is 35.9 Å². The van der Waals surface area contributed by atoms with E-state index in [1.807, 2.05) is 0 Å². The molecule has 1 saturated carbocycles. The zero-order valence-electron chi connectivity index (χ0n) is 16.8. The van der Waals surface area contributed by atoms with Crippen molar-refractivity contribution < 1.29 is 13.9 Å². The number of nitrogen functional groups attached to an aromatic ring is 1. The Bertz CT molecular complexity index is 1300. The maximum atomic E-state index is 15.5. The van der Waals surface area contributed by atoms with E-state index in [1.165, 1.54) is 30.5 Å². The molecule has 0 radical (unpaired) electrons. The lowest BCUT2D eigenvalue weighted by Crippen LogP contribution is -2.21. The molecule has 2 heterocycles. The summed E-state index contributed by atoms with van der Waals surface area (Å²) in [6.45, 7) is 1.83. The highest BCUT2D eigenvalue weighted by molar-refractivity contribution is 6.09. The molecule has 4 N–H and O–H groups in total. The summed E-state index contributed by atoms with van der Waals surface area (Å²) in [4.78, 5) is 8.72. The SMILES string of the molecule is C#Cc1c(F)ccc2cc(O)cc(-c3ncc(C(=NC)C4C5CNC[C@@H]54)c(N)c3F)c12. The van der Waals surface area contributed by atoms with Crippen LogP contribution in [0.15, 0.2) is 35.5 Å². The number of aromatic nitrogens is 1. The number of nitrogens with one attached hydrogen (secondary N) is 1. The van der Waals surface area contributed by atoms with E-state index in [-0.39, 0.29) is 34.2 Å². The third-order valence-electron chi connectivity index (χ3n) is 6.43. The lowest BCUT2D eigenvalue weighted by Gasteiger charge is -2.15. The van der Waals surface area contributed by atoms with Crippen molar-refractivity contribution in [3.63, 3.8) is 0 Å². The lowest BCUT2D eigenvalue weighted by atomic mass is 9.95. The van der Waals surface area contributed by atoms with E-state index >= 15 is 4.39 Å². The Labute approximate surface area is 178 Å². The van der Waals surface area contributed by atoms with Crippen LogP contribution in [0.1, 0.15) is 11.1 Å². The number of nitrogens with two attached hydrogens (primary N) is 1. The van der Waals surface area contributed by atoms with Gasteiger partial charge in [0.05, 0.1) is 11.3 Å². The van der Waals surface area contributed by atoms with Gasteiger partial charge in [-0.05, 0) is 48.5 Å². The van der Waals surface area contributed by atoms with Crippen molar-refractivity contribution in [1.82, 2.24) is 10.3 Å². The fraction of sp³-hybridized carbons (Fsp3) is 0.250. The molecule has 5 rings (SSSR count). The molecule has 1 aliphatic heterocycles. The number of phenols is 1. The summed E-state index contributed by atoms with van der Waals surface area (Å²) >= 11 is 0. The van der Waals surface area contributed by atoms with Gasteiger partial charge in [-0.3, -0.25) is 9.98 Å². The fourth-order valence-corrected chi connectivity index (χ4v) is 4.92. The number of rotatable bonds is 3. The van der Waals surface area contributed by atoms with Gasteiger partial charge in [0.2, 0.25) is 0 Å². The van der Waals surface area contributed by atoms with E-state index in [1.54, 1.807) is 7.05 Å². The number of hydrogen-bond donors (Lipinski definition) is 3. The van der Waals surface area contributed by atoms with Gasteiger partial charge >= 0.3 is 0 Å². The number of nitrogens with zero attached hydrogens (tertiary/aromatic N) is 2. The van der Waals surface area contributed by atoms with Crippen LogP contribution in [0.2, 0.25) is 0 Å². The number of terminal acetylenes is 1. The van der Waals surface area contributed by atoms with Gasteiger partial charge in [-0.25, -0.2) is 8.78 Å². The highest BCUT2D eigenvalue weighted by Gasteiger charge is 2.55. The van der Waals surface area contributed by atoms with Crippen molar-refractivity contribution in [2.24, 2.45) is 22.7 Å². The smallest absolute Gasteiger partial charge is 0.173 e. The van der Waals surface area contributed by atoms with E-state index in [9.17, 15) is 9.50 Å². The van der Waals surface area contributed by atoms with Gasteiger partial charge in [0.1, 0.15) is 17.3 Å². The molecule has 2 aliphatic rings. The van der Waals surface area contributed by atoms with Gasteiger partial charge in [0.25, 0.3) is 0 Å². The molecule has 1 aliphatic carbocycles. The Kier molecular flexibility index (Phi) is 4.42. The van der Waals surface area contributed by atoms with E-state index in [4.69, 9.17) is 12.2 Å². The number of pyridine rings is 1. The number of halogens is 2. The molecule has 5 nitrogen and oxygen atoms in total. The molecular formula is C24H20F2N4O. The second-order valence-corrected chi connectivity index (χ2v) is 8.03. The Morgan fingerprint density at radius 2 is 2.03 bits per heavy atom. The average Bonchev–Trinajstić information content (AvgIpc) is 3.20. The minimum absolute atomic E-state index is 0.0227. The lowest BCUT2D eigenvalue weighted by molar-refractivity contribution is 0.476. The molecular weight excluding hydrogens is 398 g/mol. The Hall–Kier alpha value is -3.50. The first-order valence-corrected chi connectivity index (χ1v) is 10.00. The quantitative estimate of drug-likeness (QED) is 0.450. The highest BCUT2D eigenvalue weighted by Crippen LogP contribution is 2.51. The van der Waals surface area contributed by atoms with Gasteiger partial charge in [0, 0.05) is 41.4 Å². The third kappa shape index (κ3) is 2.87. The number of phenolic OH excluding ortho intramolecular Hbond substituents is 1. The third-order valence-corrected chi connectivity index (χ3v) is 6.43. The summed E-state index contributed by atoms with van der Waals surface area (Å²) < 4.78 is 29.9. The zero-order valence-corrected chi connectivity index (χ0v) is 16.8. The Morgan fingerprint density at radius 3 is 2.71 bits per heavy atom. The number of fused-ring (bicyclic) bond motifs is 2. The summed E-state index contributed by atoms with van der Waals surface area (Å²) in [7, 11) is 1.67. The predicted molar refractivity (Wildman–Crippen MR) is 117 cm³/mol. The molecule has 0 spiro atoms. The van der Waals surface area contributed by atoms with Crippen LogP contribution in [0, 0.1) is 41.7 Å². The van der Waals surface area contributed by atoms with E-state index in [0.29, 0.717) is 28.2 Å². The van der Waals surface area contributed by atoms with Gasteiger partial charge in [-0.2, -0.15) is 0 Å². The first-order chi connectivity index (χ1) is 15.0. The number of aliphatic imine (C=N–C) groups is 1. The topological polar surface area (TPSA) is 83.5 Å². The molecule has 7 heteroatoms. The standard InChI is InChI=1S/C24H20F2N4O/c1-3-13-18(25)5-4-11-6-12(31)7-14(19(11)13)24-21(26)22(27)17(10-30-24)23(28-2)20-15-8-29-9-16(15)20/h1,4-7,10,15-16,20,29,31H,8-9H2,2H3,(H2,27,30)/t15-,16?,20?/m0/s1. The predicted octanol–water partition coefficient (Wildman–Crippen LogP) is 3.33. The summed E-state index contributed by atoms with van der Waals surface area (Å²) in [6, 6.07) is 5.45. The molecule has 0 bridgehead atoms. The van der Waals surface area contributed by atoms with Crippen molar-refractivity contribution in [3.05, 3.63) is 53.2 Å². The molecule has 2 aromatic carbocycles. The van der Waals surface area contributed by atoms with E-state index in [0.717, 1.165) is 18.8 Å². The largest absolute Gasteiger partial charge is 0.508 e. The van der Waals surface area contributed by atoms with E-state index < -0.39 is 11.6 Å². The molecule has 3 atom stereocenters. The van der Waals surface area contributed by atoms with Gasteiger partial charge in [-0.15, -0.1) is 6.42 Å². The normalized spacial score (nSPS) is 22.4. The van der Waals surface area contributed by atoms with Crippen LogP contribution in [0.25, 0.3) is 22.0 Å². The molecule has 1 saturated heterocycles. The van der Waals surface area contributed by atoms with Gasteiger partial charge in [-0.1, -0.05) is 12.0 Å². The molecule has 31 heavy (non-hydrogen) atoms. The van der Waals surface area contributed by atoms with Crippen LogP contribution in [0.3, 0.4) is 0 Å². The van der Waals surface area contributed by atoms with Crippen LogP contribution in [-0.2, 0) is 0 Å². The monoisotopic (exact) mass is 418 g/mol. The molecule has 156 valence electrons. The van der Waals surface area contributed by atoms with Crippen molar-refractivity contribution >= 4 is 22.2 Å². The van der Waals surface area contributed by atoms with Gasteiger partial charge < -0.3 is 16.2 Å². The second-order valence-electron chi connectivity index (χ2n) is 8.03. The summed E-state index contributed by atoms with van der Waals surface area (Å²) in [5.41, 5.74) is 7.42. The second kappa shape index (κ2) is 7.03. The first kappa shape index (κ1) is 19.5. The Balaban J connectivity index is 1.68. The summed E-state index contributed by atoms with van der Waals surface area (Å²) in [6.07, 6.45) is 7.03. The minimum atomic E-state index is -0.748. The van der Waals surface area contributed by atoms with Crippen LogP contribution < -0.4 is 11.1 Å². The maximum absolute atomic E-state index is 15.5. The molecule has 2 unspecified atom stereocenters. The molecule has 0 amide bonds. The van der Waals surface area contributed by atoms with Crippen molar-refractivity contribution in [1.29, 1.82) is 0 Å². The van der Waals surface area contributed by atoms with Crippen molar-refractivity contribution in [2.75, 3.05) is 25.9 Å². The number of piperidine rings is 1. The Morgan fingerprint density at radius 1 is 1.29 bits per heavy atom. The number of aromatic hydroxyl groups is 1. The molecule has 2 fully saturated rings. The van der Waals surface area contributed by atoms with Crippen LogP contribution in [0.5, 0.6) is 5.75 Å². The first-order valence-electron chi connectivity index (χ1n) is 10.00. The average molecular weight is 418 g/mol.